The molecule has 0 bridgehead atoms. The molecule has 0 saturated carbocycles. The molecule has 2 aliphatic rings. The lowest BCUT2D eigenvalue weighted by Crippen LogP contribution is -2.38. The summed E-state index contributed by atoms with van der Waals surface area (Å²) in [5.41, 5.74) is 0.540. The van der Waals surface area contributed by atoms with Crippen LogP contribution >= 0.6 is 0 Å². The first-order chi connectivity index (χ1) is 10.7. The van der Waals surface area contributed by atoms with E-state index in [0.29, 0.717) is 31.2 Å². The Kier molecular flexibility index (Phi) is 2.99. The zero-order chi connectivity index (χ0) is 15.1. The first-order valence-corrected chi connectivity index (χ1v) is 7.39. The normalized spacial score (nSPS) is 21.6. The van der Waals surface area contributed by atoms with Gasteiger partial charge in [-0.3, -0.25) is 14.1 Å². The summed E-state index contributed by atoms with van der Waals surface area (Å²) < 4.78 is 6.52. The smallest absolute Gasteiger partial charge is 0.410 e. The van der Waals surface area contributed by atoms with E-state index in [2.05, 4.69) is 9.88 Å². The minimum atomic E-state index is -0.238. The summed E-state index contributed by atoms with van der Waals surface area (Å²) in [6.45, 7) is 2.57. The molecule has 2 aromatic rings. The number of nitrogens with zero attached hydrogens (tertiary/aromatic N) is 4. The van der Waals surface area contributed by atoms with Crippen molar-refractivity contribution in [3.8, 4) is 0 Å². The van der Waals surface area contributed by atoms with Crippen LogP contribution in [0.3, 0.4) is 0 Å². The number of anilines is 1. The number of rotatable bonds is 2. The molecule has 1 atom stereocenters. The van der Waals surface area contributed by atoms with E-state index in [1.54, 1.807) is 23.2 Å². The molecule has 1 amide bonds. The molecule has 0 N–H and O–H groups in total. The molecular formula is C15H16N4O3. The van der Waals surface area contributed by atoms with Crippen LogP contribution in [0.4, 0.5) is 10.6 Å². The highest BCUT2D eigenvalue weighted by Gasteiger charge is 2.35. The summed E-state index contributed by atoms with van der Waals surface area (Å²) >= 11 is 0. The summed E-state index contributed by atoms with van der Waals surface area (Å²) in [6.07, 6.45) is 2.34. The topological polar surface area (TPSA) is 67.2 Å². The third-order valence-electron chi connectivity index (χ3n) is 4.28. The number of ether oxygens (including phenoxy) is 1. The Bertz CT molecular complexity index is 788. The average Bonchev–Trinajstić information content (AvgIpc) is 3.16. The molecular weight excluding hydrogens is 284 g/mol. The SMILES string of the molecule is O=C1OCCN1C1CCN(c2cc(=O)n3ccccc3n2)C1. The largest absolute Gasteiger partial charge is 0.448 e. The summed E-state index contributed by atoms with van der Waals surface area (Å²) in [6, 6.07) is 7.17. The molecule has 7 nitrogen and oxygen atoms in total. The van der Waals surface area contributed by atoms with Crippen LogP contribution in [0.15, 0.2) is 35.3 Å². The van der Waals surface area contributed by atoms with E-state index in [4.69, 9.17) is 4.74 Å². The fourth-order valence-corrected chi connectivity index (χ4v) is 3.14. The van der Waals surface area contributed by atoms with Crippen molar-refractivity contribution in [1.29, 1.82) is 0 Å². The van der Waals surface area contributed by atoms with Gasteiger partial charge >= 0.3 is 6.09 Å². The lowest BCUT2D eigenvalue weighted by atomic mass is 10.2. The molecule has 0 spiro atoms. The van der Waals surface area contributed by atoms with Crippen LogP contribution in [0.25, 0.3) is 5.65 Å². The predicted octanol–water partition coefficient (Wildman–Crippen LogP) is 0.725. The van der Waals surface area contributed by atoms with Crippen LogP contribution in [0.5, 0.6) is 0 Å². The number of hydrogen-bond donors (Lipinski definition) is 0. The number of carbonyl (C=O) groups excluding carboxylic acids is 1. The molecule has 1 unspecified atom stereocenters. The Morgan fingerprint density at radius 1 is 1.23 bits per heavy atom. The molecule has 0 aliphatic carbocycles. The van der Waals surface area contributed by atoms with Crippen molar-refractivity contribution in [2.45, 2.75) is 12.5 Å². The highest BCUT2D eigenvalue weighted by molar-refractivity contribution is 5.70. The molecule has 114 valence electrons. The van der Waals surface area contributed by atoms with Crippen LogP contribution in [0, 0.1) is 0 Å². The van der Waals surface area contributed by atoms with E-state index in [1.165, 1.54) is 4.40 Å². The van der Waals surface area contributed by atoms with E-state index >= 15 is 0 Å². The highest BCUT2D eigenvalue weighted by Crippen LogP contribution is 2.23. The van der Waals surface area contributed by atoms with Gasteiger partial charge in [0.15, 0.2) is 0 Å². The summed E-state index contributed by atoms with van der Waals surface area (Å²) in [5, 5.41) is 0. The van der Waals surface area contributed by atoms with Gasteiger partial charge in [0.25, 0.3) is 5.56 Å². The van der Waals surface area contributed by atoms with E-state index in [0.717, 1.165) is 13.0 Å². The monoisotopic (exact) mass is 300 g/mol. The average molecular weight is 300 g/mol. The van der Waals surface area contributed by atoms with E-state index in [9.17, 15) is 9.59 Å². The lowest BCUT2D eigenvalue weighted by Gasteiger charge is -2.22. The molecule has 22 heavy (non-hydrogen) atoms. The fourth-order valence-electron chi connectivity index (χ4n) is 3.14. The molecule has 2 aromatic heterocycles. The van der Waals surface area contributed by atoms with Gasteiger partial charge in [0, 0.05) is 25.4 Å². The van der Waals surface area contributed by atoms with Gasteiger partial charge in [0.05, 0.1) is 12.6 Å². The number of cyclic esters (lactones) is 1. The molecule has 7 heteroatoms. The van der Waals surface area contributed by atoms with Gasteiger partial charge < -0.3 is 9.64 Å². The van der Waals surface area contributed by atoms with Gasteiger partial charge in [-0.25, -0.2) is 9.78 Å². The van der Waals surface area contributed by atoms with Gasteiger partial charge in [-0.1, -0.05) is 6.07 Å². The predicted molar refractivity (Wildman–Crippen MR) is 80.1 cm³/mol. The number of aromatic nitrogens is 2. The van der Waals surface area contributed by atoms with Gasteiger partial charge in [0.2, 0.25) is 0 Å². The second kappa shape index (κ2) is 5.01. The van der Waals surface area contributed by atoms with E-state index in [1.807, 2.05) is 12.1 Å². The molecule has 0 radical (unpaired) electrons. The summed E-state index contributed by atoms with van der Waals surface area (Å²) in [5.74, 6) is 0.672. The van der Waals surface area contributed by atoms with Crippen molar-refractivity contribution in [3.63, 3.8) is 0 Å². The molecule has 4 rings (SSSR count). The number of amides is 1. The van der Waals surface area contributed by atoms with Crippen LogP contribution in [-0.4, -0.2) is 52.7 Å². The minimum absolute atomic E-state index is 0.0929. The first kappa shape index (κ1) is 13.1. The Hall–Kier alpha value is -2.57. The number of fused-ring (bicyclic) bond motifs is 1. The first-order valence-electron chi connectivity index (χ1n) is 7.39. The molecule has 4 heterocycles. The maximum Gasteiger partial charge on any atom is 0.410 e. The van der Waals surface area contributed by atoms with Gasteiger partial charge in [-0.2, -0.15) is 0 Å². The van der Waals surface area contributed by atoms with Crippen molar-refractivity contribution >= 4 is 17.6 Å². The molecule has 2 saturated heterocycles. The summed E-state index contributed by atoms with van der Waals surface area (Å²) in [7, 11) is 0. The minimum Gasteiger partial charge on any atom is -0.448 e. The Balaban J connectivity index is 1.61. The van der Waals surface area contributed by atoms with Crippen molar-refractivity contribution < 1.29 is 9.53 Å². The second-order valence-corrected chi connectivity index (χ2v) is 5.58. The maximum atomic E-state index is 12.2. The van der Waals surface area contributed by atoms with E-state index in [-0.39, 0.29) is 17.7 Å². The van der Waals surface area contributed by atoms with Gasteiger partial charge in [-0.05, 0) is 18.6 Å². The number of carbonyl (C=O) groups is 1. The maximum absolute atomic E-state index is 12.2. The van der Waals surface area contributed by atoms with Crippen molar-refractivity contribution in [3.05, 3.63) is 40.8 Å². The number of hydrogen-bond acceptors (Lipinski definition) is 5. The zero-order valence-electron chi connectivity index (χ0n) is 12.0. The zero-order valence-corrected chi connectivity index (χ0v) is 12.0. The van der Waals surface area contributed by atoms with Crippen molar-refractivity contribution in [2.75, 3.05) is 31.1 Å². The third kappa shape index (κ3) is 2.09. The molecule has 2 aliphatic heterocycles. The quantitative estimate of drug-likeness (QED) is 0.818. The van der Waals surface area contributed by atoms with Crippen LogP contribution < -0.4 is 10.5 Å². The Morgan fingerprint density at radius 2 is 2.14 bits per heavy atom. The van der Waals surface area contributed by atoms with Crippen LogP contribution in [0.2, 0.25) is 0 Å². The van der Waals surface area contributed by atoms with Crippen LogP contribution in [0.1, 0.15) is 6.42 Å². The summed E-state index contributed by atoms with van der Waals surface area (Å²) in [4.78, 5) is 32.2. The van der Waals surface area contributed by atoms with Crippen molar-refractivity contribution in [2.24, 2.45) is 0 Å². The molecule has 0 aromatic carbocycles. The van der Waals surface area contributed by atoms with Crippen LogP contribution in [-0.2, 0) is 4.74 Å². The second-order valence-electron chi connectivity index (χ2n) is 5.58. The number of pyridine rings is 1. The fraction of sp³-hybridized carbons (Fsp3) is 0.400. The Morgan fingerprint density at radius 3 is 2.95 bits per heavy atom. The van der Waals surface area contributed by atoms with E-state index < -0.39 is 0 Å². The van der Waals surface area contributed by atoms with Gasteiger partial charge in [-0.15, -0.1) is 0 Å². The lowest BCUT2D eigenvalue weighted by molar-refractivity contribution is 0.150. The van der Waals surface area contributed by atoms with Gasteiger partial charge in [0.1, 0.15) is 18.1 Å². The Labute approximate surface area is 126 Å². The standard InChI is InChI=1S/C15H16N4O3/c20-14-9-13(16-12-3-1-2-5-19(12)14)17-6-4-11(10-17)18-7-8-22-15(18)21/h1-3,5,9,11H,4,6-8,10H2. The van der Waals surface area contributed by atoms with Crippen molar-refractivity contribution in [1.82, 2.24) is 14.3 Å². The highest BCUT2D eigenvalue weighted by atomic mass is 16.6. The third-order valence-corrected chi connectivity index (χ3v) is 4.28. The molecule has 2 fully saturated rings.